The third-order valence-corrected chi connectivity index (χ3v) is 3.42. The van der Waals surface area contributed by atoms with E-state index in [1.54, 1.807) is 6.07 Å². The molecule has 22 heavy (non-hydrogen) atoms. The third-order valence-electron chi connectivity index (χ3n) is 3.42. The van der Waals surface area contributed by atoms with Gasteiger partial charge in [0, 0.05) is 18.1 Å². The van der Waals surface area contributed by atoms with E-state index in [1.165, 1.54) is 17.9 Å². The summed E-state index contributed by atoms with van der Waals surface area (Å²) in [6.07, 6.45) is 1.17. The molecule has 3 aromatic rings. The number of hydrogen-bond donors (Lipinski definition) is 2. The SMILES string of the molecule is Cn1ncc(C(=O)O)c1C(=O)Nc1cccc2ccccc12. The molecule has 0 saturated heterocycles. The van der Waals surface area contributed by atoms with Crippen LogP contribution in [0.25, 0.3) is 10.8 Å². The smallest absolute Gasteiger partial charge is 0.339 e. The number of carbonyl (C=O) groups is 2. The first-order valence-electron chi connectivity index (χ1n) is 6.62. The minimum Gasteiger partial charge on any atom is -0.478 e. The van der Waals surface area contributed by atoms with Crippen LogP contribution < -0.4 is 5.32 Å². The highest BCUT2D eigenvalue weighted by molar-refractivity contribution is 6.12. The Labute approximate surface area is 126 Å². The lowest BCUT2D eigenvalue weighted by Gasteiger charge is -2.09. The number of aromatic nitrogens is 2. The topological polar surface area (TPSA) is 84.2 Å². The van der Waals surface area contributed by atoms with Crippen molar-refractivity contribution < 1.29 is 14.7 Å². The molecule has 1 heterocycles. The van der Waals surface area contributed by atoms with Crippen molar-refractivity contribution >= 4 is 28.3 Å². The largest absolute Gasteiger partial charge is 0.478 e. The van der Waals surface area contributed by atoms with Gasteiger partial charge in [-0.05, 0) is 11.5 Å². The van der Waals surface area contributed by atoms with Crippen molar-refractivity contribution in [3.8, 4) is 0 Å². The highest BCUT2D eigenvalue weighted by Gasteiger charge is 2.22. The molecule has 2 aromatic carbocycles. The van der Waals surface area contributed by atoms with Gasteiger partial charge in [-0.1, -0.05) is 36.4 Å². The van der Waals surface area contributed by atoms with E-state index in [-0.39, 0.29) is 11.3 Å². The van der Waals surface area contributed by atoms with Gasteiger partial charge in [-0.2, -0.15) is 5.10 Å². The molecule has 110 valence electrons. The lowest BCUT2D eigenvalue weighted by atomic mass is 10.1. The summed E-state index contributed by atoms with van der Waals surface area (Å²) in [4.78, 5) is 23.6. The van der Waals surface area contributed by atoms with Crippen LogP contribution in [-0.2, 0) is 7.05 Å². The Hall–Kier alpha value is -3.15. The first-order valence-corrected chi connectivity index (χ1v) is 6.62. The molecule has 0 aliphatic heterocycles. The summed E-state index contributed by atoms with van der Waals surface area (Å²) in [6, 6.07) is 13.2. The number of nitrogens with zero attached hydrogens (tertiary/aromatic N) is 2. The predicted molar refractivity (Wildman–Crippen MR) is 82.1 cm³/mol. The minimum atomic E-state index is -1.18. The number of nitrogens with one attached hydrogen (secondary N) is 1. The van der Waals surface area contributed by atoms with Crippen LogP contribution in [0, 0.1) is 0 Å². The van der Waals surface area contributed by atoms with Crippen LogP contribution in [-0.4, -0.2) is 26.8 Å². The van der Waals surface area contributed by atoms with E-state index < -0.39 is 11.9 Å². The summed E-state index contributed by atoms with van der Waals surface area (Å²) in [5, 5.41) is 17.6. The van der Waals surface area contributed by atoms with Crippen molar-refractivity contribution in [2.24, 2.45) is 7.05 Å². The zero-order valence-electron chi connectivity index (χ0n) is 11.8. The molecule has 6 heteroatoms. The van der Waals surface area contributed by atoms with Crippen LogP contribution >= 0.6 is 0 Å². The number of aryl methyl sites for hydroxylation is 1. The fourth-order valence-electron chi connectivity index (χ4n) is 2.38. The van der Waals surface area contributed by atoms with Gasteiger partial charge in [-0.25, -0.2) is 4.79 Å². The van der Waals surface area contributed by atoms with E-state index in [2.05, 4.69) is 10.4 Å². The number of carbonyl (C=O) groups excluding carboxylic acids is 1. The molecule has 0 unspecified atom stereocenters. The van der Waals surface area contributed by atoms with E-state index in [9.17, 15) is 9.59 Å². The molecular weight excluding hydrogens is 282 g/mol. The standard InChI is InChI=1S/C16H13N3O3/c1-19-14(12(9-17-19)16(21)22)15(20)18-13-8-4-6-10-5-2-3-7-11(10)13/h2-9H,1H3,(H,18,20)(H,21,22). The zero-order chi connectivity index (χ0) is 15.7. The summed E-state index contributed by atoms with van der Waals surface area (Å²) < 4.78 is 1.25. The number of benzene rings is 2. The quantitative estimate of drug-likeness (QED) is 0.777. The van der Waals surface area contributed by atoms with Crippen LogP contribution in [0.4, 0.5) is 5.69 Å². The highest BCUT2D eigenvalue weighted by atomic mass is 16.4. The van der Waals surface area contributed by atoms with E-state index in [0.29, 0.717) is 5.69 Å². The van der Waals surface area contributed by atoms with Crippen molar-refractivity contribution in [2.75, 3.05) is 5.32 Å². The average Bonchev–Trinajstić information content (AvgIpc) is 2.90. The molecule has 0 aliphatic carbocycles. The molecular formula is C16H13N3O3. The molecule has 6 nitrogen and oxygen atoms in total. The molecule has 0 aliphatic rings. The van der Waals surface area contributed by atoms with E-state index in [1.807, 2.05) is 36.4 Å². The van der Waals surface area contributed by atoms with Crippen LogP contribution in [0.1, 0.15) is 20.8 Å². The predicted octanol–water partition coefficient (Wildman–Crippen LogP) is 2.52. The highest BCUT2D eigenvalue weighted by Crippen LogP contribution is 2.23. The number of hydrogen-bond acceptors (Lipinski definition) is 3. The van der Waals surface area contributed by atoms with Crippen LogP contribution in [0.5, 0.6) is 0 Å². The number of carboxylic acid groups (broad SMARTS) is 1. The van der Waals surface area contributed by atoms with Gasteiger partial charge < -0.3 is 10.4 Å². The summed E-state index contributed by atoms with van der Waals surface area (Å²) >= 11 is 0. The molecule has 3 rings (SSSR count). The summed E-state index contributed by atoms with van der Waals surface area (Å²) in [6.45, 7) is 0. The zero-order valence-corrected chi connectivity index (χ0v) is 11.8. The summed E-state index contributed by atoms with van der Waals surface area (Å²) in [7, 11) is 1.53. The van der Waals surface area contributed by atoms with Gasteiger partial charge >= 0.3 is 5.97 Å². The summed E-state index contributed by atoms with van der Waals surface area (Å²) in [5.41, 5.74) is 0.515. The molecule has 2 N–H and O–H groups in total. The molecule has 0 atom stereocenters. The maximum absolute atomic E-state index is 12.4. The number of rotatable bonds is 3. The van der Waals surface area contributed by atoms with Gasteiger partial charge in [0.15, 0.2) is 0 Å². The molecule has 0 fully saturated rings. The number of aromatic carboxylic acids is 1. The van der Waals surface area contributed by atoms with Gasteiger partial charge in [0.25, 0.3) is 5.91 Å². The van der Waals surface area contributed by atoms with Crippen LogP contribution in [0.3, 0.4) is 0 Å². The molecule has 1 aromatic heterocycles. The van der Waals surface area contributed by atoms with E-state index in [4.69, 9.17) is 5.11 Å². The Morgan fingerprint density at radius 1 is 1.14 bits per heavy atom. The van der Waals surface area contributed by atoms with Gasteiger partial charge in [-0.3, -0.25) is 9.48 Å². The normalized spacial score (nSPS) is 10.6. The van der Waals surface area contributed by atoms with Gasteiger partial charge in [0.1, 0.15) is 11.3 Å². The summed E-state index contributed by atoms with van der Waals surface area (Å²) in [5.74, 6) is -1.69. The van der Waals surface area contributed by atoms with Gasteiger partial charge in [-0.15, -0.1) is 0 Å². The second-order valence-corrected chi connectivity index (χ2v) is 4.82. The van der Waals surface area contributed by atoms with E-state index in [0.717, 1.165) is 10.8 Å². The molecule has 0 bridgehead atoms. The maximum Gasteiger partial charge on any atom is 0.339 e. The van der Waals surface area contributed by atoms with Crippen molar-refractivity contribution in [3.63, 3.8) is 0 Å². The van der Waals surface area contributed by atoms with Crippen molar-refractivity contribution in [2.45, 2.75) is 0 Å². The maximum atomic E-state index is 12.4. The Bertz CT molecular complexity index is 878. The monoisotopic (exact) mass is 295 g/mol. The number of fused-ring (bicyclic) bond motifs is 1. The fraction of sp³-hybridized carbons (Fsp3) is 0.0625. The lowest BCUT2D eigenvalue weighted by Crippen LogP contribution is -2.19. The average molecular weight is 295 g/mol. The number of amides is 1. The third kappa shape index (κ3) is 2.31. The van der Waals surface area contributed by atoms with Crippen LogP contribution in [0.15, 0.2) is 48.7 Å². The fourth-order valence-corrected chi connectivity index (χ4v) is 2.38. The Morgan fingerprint density at radius 2 is 1.86 bits per heavy atom. The second kappa shape index (κ2) is 5.33. The Morgan fingerprint density at radius 3 is 2.64 bits per heavy atom. The lowest BCUT2D eigenvalue weighted by molar-refractivity contribution is 0.0692. The molecule has 1 amide bonds. The number of anilines is 1. The van der Waals surface area contributed by atoms with Gasteiger partial charge in [0.2, 0.25) is 0 Å². The molecule has 0 spiro atoms. The van der Waals surface area contributed by atoms with Crippen molar-refractivity contribution in [3.05, 3.63) is 59.9 Å². The first kappa shape index (κ1) is 13.8. The Balaban J connectivity index is 2.01. The van der Waals surface area contributed by atoms with Crippen molar-refractivity contribution in [1.82, 2.24) is 9.78 Å². The van der Waals surface area contributed by atoms with Crippen LogP contribution in [0.2, 0.25) is 0 Å². The molecule has 0 radical (unpaired) electrons. The molecule has 0 saturated carbocycles. The second-order valence-electron chi connectivity index (χ2n) is 4.82. The van der Waals surface area contributed by atoms with Crippen molar-refractivity contribution in [1.29, 1.82) is 0 Å². The minimum absolute atomic E-state index is 0.0143. The van der Waals surface area contributed by atoms with E-state index >= 15 is 0 Å². The first-order chi connectivity index (χ1) is 10.6. The van der Waals surface area contributed by atoms with Gasteiger partial charge in [0.05, 0.1) is 6.20 Å². The Kier molecular flexibility index (Phi) is 3.34. The number of carboxylic acids is 1.